The van der Waals surface area contributed by atoms with Crippen LogP contribution in [0.1, 0.15) is 71.1 Å². The van der Waals surface area contributed by atoms with Gasteiger partial charge in [0.15, 0.2) is 0 Å². The zero-order valence-corrected chi connectivity index (χ0v) is 20.4. The van der Waals surface area contributed by atoms with Crippen molar-refractivity contribution >= 4 is 23.8 Å². The molecule has 0 spiro atoms. The standard InChI is InChI=1S/C20H36N2O7.Na/c1-2-3-4-5-6-7-8-9-10-11-17(23)22(16-20(28)29)13-12-21(14-18(24)25)15-19(26)27;/h2-16H2,1H3,(H,24,25)(H,26,27)(H,28,29);/q;+1/p-3. The summed E-state index contributed by atoms with van der Waals surface area (Å²) in [5.41, 5.74) is 0. The Morgan fingerprint density at radius 3 is 1.50 bits per heavy atom. The molecule has 0 heterocycles. The second-order valence-electron chi connectivity index (χ2n) is 7.22. The second-order valence-corrected chi connectivity index (χ2v) is 7.22. The molecular formula is C20H33N2NaO7-2. The maximum Gasteiger partial charge on any atom is 1.00 e. The molecule has 0 N–H and O–H groups in total. The first-order chi connectivity index (χ1) is 13.8. The minimum absolute atomic E-state index is 0. The molecule has 0 saturated heterocycles. The van der Waals surface area contributed by atoms with Crippen molar-refractivity contribution in [3.63, 3.8) is 0 Å². The van der Waals surface area contributed by atoms with Crippen molar-refractivity contribution in [2.45, 2.75) is 71.1 Å². The van der Waals surface area contributed by atoms with Gasteiger partial charge in [-0.3, -0.25) is 9.69 Å². The van der Waals surface area contributed by atoms with Crippen LogP contribution in [0.4, 0.5) is 0 Å². The number of hydrogen-bond donors (Lipinski definition) is 0. The first-order valence-corrected chi connectivity index (χ1v) is 10.4. The quantitative estimate of drug-likeness (QED) is 0.145. The number of carbonyl (C=O) groups is 4. The summed E-state index contributed by atoms with van der Waals surface area (Å²) in [5.74, 6) is -4.76. The van der Waals surface area contributed by atoms with Crippen LogP contribution in [0.3, 0.4) is 0 Å². The molecule has 0 unspecified atom stereocenters. The number of aliphatic carboxylic acids is 3. The van der Waals surface area contributed by atoms with Gasteiger partial charge in [-0.2, -0.15) is 0 Å². The van der Waals surface area contributed by atoms with E-state index in [2.05, 4.69) is 6.92 Å². The summed E-state index contributed by atoms with van der Waals surface area (Å²) in [6.45, 7) is -0.00552. The maximum atomic E-state index is 12.3. The zero-order valence-electron chi connectivity index (χ0n) is 18.4. The van der Waals surface area contributed by atoms with E-state index in [-0.39, 0.29) is 55.0 Å². The van der Waals surface area contributed by atoms with Crippen LogP contribution in [0.15, 0.2) is 0 Å². The van der Waals surface area contributed by atoms with E-state index in [1.807, 2.05) is 0 Å². The predicted octanol–water partition coefficient (Wildman–Crippen LogP) is -4.71. The Morgan fingerprint density at radius 1 is 0.633 bits per heavy atom. The number of amides is 1. The fourth-order valence-electron chi connectivity index (χ4n) is 3.03. The topological polar surface area (TPSA) is 144 Å². The van der Waals surface area contributed by atoms with E-state index in [0.29, 0.717) is 6.42 Å². The van der Waals surface area contributed by atoms with Crippen LogP contribution < -0.4 is 44.9 Å². The number of unbranched alkanes of at least 4 members (excludes halogenated alkanes) is 8. The Morgan fingerprint density at radius 2 is 1.07 bits per heavy atom. The monoisotopic (exact) mass is 436 g/mol. The fourth-order valence-corrected chi connectivity index (χ4v) is 3.03. The molecule has 0 aliphatic heterocycles. The van der Waals surface area contributed by atoms with Gasteiger partial charge in [-0.25, -0.2) is 0 Å². The molecule has 30 heavy (non-hydrogen) atoms. The van der Waals surface area contributed by atoms with Gasteiger partial charge in [-0.05, 0) is 6.42 Å². The number of carbonyl (C=O) groups excluding carboxylic acids is 4. The van der Waals surface area contributed by atoms with Crippen LogP contribution in [0.2, 0.25) is 0 Å². The molecule has 1 amide bonds. The zero-order chi connectivity index (χ0) is 22.1. The van der Waals surface area contributed by atoms with Gasteiger partial charge in [-0.15, -0.1) is 0 Å². The van der Waals surface area contributed by atoms with E-state index in [1.165, 1.54) is 32.1 Å². The van der Waals surface area contributed by atoms with Crippen LogP contribution in [0, 0.1) is 0 Å². The van der Waals surface area contributed by atoms with Gasteiger partial charge in [0.05, 0.1) is 24.5 Å². The molecule has 0 bridgehead atoms. The third kappa shape index (κ3) is 18.8. The Labute approximate surface area is 201 Å². The van der Waals surface area contributed by atoms with E-state index < -0.39 is 37.5 Å². The normalized spacial score (nSPS) is 10.5. The molecule has 9 nitrogen and oxygen atoms in total. The van der Waals surface area contributed by atoms with E-state index in [1.54, 1.807) is 0 Å². The van der Waals surface area contributed by atoms with Crippen molar-refractivity contribution in [2.75, 3.05) is 32.7 Å². The third-order valence-electron chi connectivity index (χ3n) is 4.56. The van der Waals surface area contributed by atoms with Gasteiger partial charge < -0.3 is 34.6 Å². The Kier molecular flexibility index (Phi) is 20.5. The first-order valence-electron chi connectivity index (χ1n) is 10.4. The smallest absolute Gasteiger partial charge is 0.549 e. The summed E-state index contributed by atoms with van der Waals surface area (Å²) < 4.78 is 0. The van der Waals surface area contributed by atoms with Gasteiger partial charge >= 0.3 is 29.6 Å². The molecule has 0 aromatic rings. The molecule has 0 atom stereocenters. The van der Waals surface area contributed by atoms with Gasteiger partial charge in [0.25, 0.3) is 0 Å². The second kappa shape index (κ2) is 19.8. The van der Waals surface area contributed by atoms with Gasteiger partial charge in [-0.1, -0.05) is 58.3 Å². The van der Waals surface area contributed by atoms with Crippen molar-refractivity contribution in [1.82, 2.24) is 9.80 Å². The average Bonchev–Trinajstić information content (AvgIpc) is 2.62. The first kappa shape index (κ1) is 31.0. The number of hydrogen-bond acceptors (Lipinski definition) is 8. The molecule has 0 aromatic heterocycles. The van der Waals surface area contributed by atoms with Crippen molar-refractivity contribution in [2.24, 2.45) is 0 Å². The average molecular weight is 436 g/mol. The van der Waals surface area contributed by atoms with Gasteiger partial charge in [0.2, 0.25) is 5.91 Å². The summed E-state index contributed by atoms with van der Waals surface area (Å²) in [5, 5.41) is 32.3. The summed E-state index contributed by atoms with van der Waals surface area (Å²) >= 11 is 0. The van der Waals surface area contributed by atoms with Crippen LogP contribution in [0.25, 0.3) is 0 Å². The van der Waals surface area contributed by atoms with E-state index in [4.69, 9.17) is 0 Å². The summed E-state index contributed by atoms with van der Waals surface area (Å²) in [6.07, 6.45) is 9.95. The number of rotatable bonds is 19. The van der Waals surface area contributed by atoms with Crippen LogP contribution in [-0.2, 0) is 19.2 Å². The van der Waals surface area contributed by atoms with Crippen molar-refractivity contribution in [3.05, 3.63) is 0 Å². The Bertz CT molecular complexity index is 501. The van der Waals surface area contributed by atoms with Crippen LogP contribution in [-0.4, -0.2) is 66.3 Å². The molecule has 168 valence electrons. The molecular weight excluding hydrogens is 403 g/mol. The molecule has 0 saturated carbocycles. The summed E-state index contributed by atoms with van der Waals surface area (Å²) in [4.78, 5) is 46.7. The van der Waals surface area contributed by atoms with Gasteiger partial charge in [0.1, 0.15) is 0 Å². The fraction of sp³-hybridized carbons (Fsp3) is 0.800. The predicted molar refractivity (Wildman–Crippen MR) is 99.9 cm³/mol. The minimum atomic E-state index is -1.47. The molecule has 0 fully saturated rings. The third-order valence-corrected chi connectivity index (χ3v) is 4.56. The molecule has 10 heteroatoms. The van der Waals surface area contributed by atoms with E-state index >= 15 is 0 Å². The number of nitrogens with zero attached hydrogens (tertiary/aromatic N) is 2. The molecule has 0 aliphatic rings. The van der Waals surface area contributed by atoms with Crippen molar-refractivity contribution < 1.29 is 64.1 Å². The Hall–Kier alpha value is -1.16. The number of carboxylic acid groups (broad SMARTS) is 3. The maximum absolute atomic E-state index is 12.3. The van der Waals surface area contributed by atoms with E-state index in [0.717, 1.165) is 29.1 Å². The SMILES string of the molecule is CCCCCCCCCCCC(=O)N(CCN(CC(=O)[O-])CC(=O)[O-])CC(=O)[O-].[Na+]. The molecule has 0 radical (unpaired) electrons. The van der Waals surface area contributed by atoms with Crippen molar-refractivity contribution in [1.29, 1.82) is 0 Å². The Balaban J connectivity index is 0. The minimum Gasteiger partial charge on any atom is -0.549 e. The molecule has 0 aromatic carbocycles. The number of carboxylic acids is 3. The molecule has 0 aliphatic carbocycles. The van der Waals surface area contributed by atoms with Gasteiger partial charge in [0, 0.05) is 32.6 Å². The van der Waals surface area contributed by atoms with Crippen molar-refractivity contribution in [3.8, 4) is 0 Å². The molecule has 0 rings (SSSR count). The summed E-state index contributed by atoms with van der Waals surface area (Å²) in [7, 11) is 0. The van der Waals surface area contributed by atoms with E-state index in [9.17, 15) is 34.5 Å². The summed E-state index contributed by atoms with van der Waals surface area (Å²) in [6, 6.07) is 0. The largest absolute Gasteiger partial charge is 1.00 e. The van der Waals surface area contributed by atoms with Crippen LogP contribution >= 0.6 is 0 Å². The van der Waals surface area contributed by atoms with Crippen LogP contribution in [0.5, 0.6) is 0 Å².